The second kappa shape index (κ2) is 8.30. The van der Waals surface area contributed by atoms with Gasteiger partial charge in [0.1, 0.15) is 5.82 Å². The molecule has 6 nitrogen and oxygen atoms in total. The highest BCUT2D eigenvalue weighted by Crippen LogP contribution is 2.21. The summed E-state index contributed by atoms with van der Waals surface area (Å²) in [6.07, 6.45) is 2.86. The summed E-state index contributed by atoms with van der Waals surface area (Å²) in [4.78, 5) is 26.4. The summed E-state index contributed by atoms with van der Waals surface area (Å²) in [5, 5.41) is 10.7. The van der Waals surface area contributed by atoms with E-state index >= 15 is 0 Å². The number of nitrogens with zero attached hydrogens (tertiary/aromatic N) is 3. The van der Waals surface area contributed by atoms with Gasteiger partial charge >= 0.3 is 0 Å². The maximum absolute atomic E-state index is 13.7. The number of anilines is 1. The summed E-state index contributed by atoms with van der Waals surface area (Å²) >= 11 is 3.28. The first-order valence-corrected chi connectivity index (χ1v) is 9.15. The lowest BCUT2D eigenvalue weighted by Gasteiger charge is -2.35. The third-order valence-corrected chi connectivity index (χ3v) is 4.87. The van der Waals surface area contributed by atoms with Crippen molar-refractivity contribution in [2.45, 2.75) is 0 Å². The monoisotopic (exact) mass is 433 g/mol. The second-order valence-electron chi connectivity index (χ2n) is 6.09. The van der Waals surface area contributed by atoms with Gasteiger partial charge in [-0.15, -0.1) is 0 Å². The van der Waals surface area contributed by atoms with Crippen molar-refractivity contribution in [1.29, 1.82) is 0 Å². The summed E-state index contributed by atoms with van der Waals surface area (Å²) in [5.41, 5.74) is 1.29. The molecule has 2 aromatic rings. The Kier molecular flexibility index (Phi) is 5.85. The zero-order chi connectivity index (χ0) is 19.4. The van der Waals surface area contributed by atoms with E-state index in [-0.39, 0.29) is 17.4 Å². The molecule has 0 aromatic heterocycles. The van der Waals surface area contributed by atoms with Gasteiger partial charge in [-0.2, -0.15) is 0 Å². The van der Waals surface area contributed by atoms with Crippen LogP contribution in [0.2, 0.25) is 0 Å². The minimum absolute atomic E-state index is 0.0532. The molecule has 0 saturated carbocycles. The van der Waals surface area contributed by atoms with Crippen molar-refractivity contribution in [1.82, 2.24) is 4.90 Å². The number of nitro groups is 1. The predicted octanol–water partition coefficient (Wildman–Crippen LogP) is 3.86. The molecule has 27 heavy (non-hydrogen) atoms. The molecular weight excluding hydrogens is 417 g/mol. The number of halogens is 2. The van der Waals surface area contributed by atoms with Crippen molar-refractivity contribution in [3.05, 3.63) is 74.5 Å². The van der Waals surface area contributed by atoms with Crippen LogP contribution in [0.3, 0.4) is 0 Å². The molecular formula is C19H17BrFN3O3. The van der Waals surface area contributed by atoms with E-state index in [1.807, 2.05) is 0 Å². The molecule has 1 saturated heterocycles. The molecule has 3 rings (SSSR count). The van der Waals surface area contributed by atoms with Crippen LogP contribution in [0.4, 0.5) is 15.8 Å². The van der Waals surface area contributed by atoms with E-state index in [1.165, 1.54) is 30.4 Å². The molecule has 1 aliphatic rings. The molecule has 0 unspecified atom stereocenters. The number of rotatable bonds is 4. The van der Waals surface area contributed by atoms with Gasteiger partial charge in [-0.25, -0.2) is 4.39 Å². The molecule has 2 aromatic carbocycles. The third-order valence-electron chi connectivity index (χ3n) is 4.38. The van der Waals surface area contributed by atoms with Crippen molar-refractivity contribution in [2.24, 2.45) is 0 Å². The molecule has 1 amide bonds. The number of carbonyl (C=O) groups excluding carboxylic acids is 1. The lowest BCUT2D eigenvalue weighted by atomic mass is 10.2. The van der Waals surface area contributed by atoms with Crippen LogP contribution in [0.1, 0.15) is 5.56 Å². The lowest BCUT2D eigenvalue weighted by Crippen LogP contribution is -2.48. The van der Waals surface area contributed by atoms with Crippen molar-refractivity contribution < 1.29 is 14.1 Å². The number of hydrogen-bond acceptors (Lipinski definition) is 4. The smallest absolute Gasteiger partial charge is 0.269 e. The summed E-state index contributed by atoms with van der Waals surface area (Å²) in [7, 11) is 0. The Labute approximate surface area is 164 Å². The zero-order valence-electron chi connectivity index (χ0n) is 14.3. The molecule has 0 atom stereocenters. The van der Waals surface area contributed by atoms with Gasteiger partial charge in [0.05, 0.1) is 4.92 Å². The Morgan fingerprint density at radius 2 is 1.78 bits per heavy atom. The van der Waals surface area contributed by atoms with Gasteiger partial charge < -0.3 is 9.80 Å². The quantitative estimate of drug-likeness (QED) is 0.417. The fourth-order valence-electron chi connectivity index (χ4n) is 2.88. The van der Waals surface area contributed by atoms with E-state index in [1.54, 1.807) is 29.2 Å². The van der Waals surface area contributed by atoms with Crippen molar-refractivity contribution in [3.8, 4) is 0 Å². The molecule has 0 bridgehead atoms. The first kappa shape index (κ1) is 19.0. The number of nitro benzene ring substituents is 1. The van der Waals surface area contributed by atoms with Crippen LogP contribution in [-0.4, -0.2) is 41.9 Å². The van der Waals surface area contributed by atoms with Crippen molar-refractivity contribution in [2.75, 3.05) is 31.1 Å². The highest BCUT2D eigenvalue weighted by molar-refractivity contribution is 9.10. The van der Waals surface area contributed by atoms with Gasteiger partial charge in [0.25, 0.3) is 5.69 Å². The van der Waals surface area contributed by atoms with E-state index in [9.17, 15) is 19.3 Å². The molecule has 0 spiro atoms. The lowest BCUT2D eigenvalue weighted by molar-refractivity contribution is -0.384. The molecule has 1 fully saturated rings. The maximum Gasteiger partial charge on any atom is 0.269 e. The van der Waals surface area contributed by atoms with Crippen LogP contribution in [0.25, 0.3) is 6.08 Å². The maximum atomic E-state index is 13.7. The topological polar surface area (TPSA) is 66.7 Å². The van der Waals surface area contributed by atoms with E-state index in [0.29, 0.717) is 31.7 Å². The van der Waals surface area contributed by atoms with Crippen LogP contribution in [0, 0.1) is 15.9 Å². The van der Waals surface area contributed by atoms with Crippen LogP contribution >= 0.6 is 15.9 Å². The minimum Gasteiger partial charge on any atom is -0.368 e. The number of benzene rings is 2. The van der Waals surface area contributed by atoms with Crippen molar-refractivity contribution in [3.63, 3.8) is 0 Å². The van der Waals surface area contributed by atoms with Crippen LogP contribution in [-0.2, 0) is 4.79 Å². The third kappa shape index (κ3) is 4.71. The second-order valence-corrected chi connectivity index (χ2v) is 7.00. The van der Waals surface area contributed by atoms with Gasteiger partial charge in [0, 0.05) is 60.1 Å². The average Bonchev–Trinajstić information content (AvgIpc) is 2.68. The Balaban J connectivity index is 1.58. The van der Waals surface area contributed by atoms with Gasteiger partial charge in [0.2, 0.25) is 5.91 Å². The highest BCUT2D eigenvalue weighted by Gasteiger charge is 2.20. The summed E-state index contributed by atoms with van der Waals surface area (Å²) in [6.45, 7) is 2.31. The van der Waals surface area contributed by atoms with Crippen LogP contribution < -0.4 is 4.90 Å². The van der Waals surface area contributed by atoms with Crippen molar-refractivity contribution >= 4 is 39.3 Å². The SMILES string of the molecule is O=C(/C=C/c1cc(Br)ccc1F)N1CCN(c2ccc([N+](=O)[O-])cc2)CC1. The van der Waals surface area contributed by atoms with Gasteiger partial charge in [-0.1, -0.05) is 15.9 Å². The molecule has 1 heterocycles. The van der Waals surface area contributed by atoms with Gasteiger partial charge in [-0.05, 0) is 36.4 Å². The van der Waals surface area contributed by atoms with E-state index in [2.05, 4.69) is 20.8 Å². The van der Waals surface area contributed by atoms with E-state index < -0.39 is 4.92 Å². The predicted molar refractivity (Wildman–Crippen MR) is 105 cm³/mol. The average molecular weight is 434 g/mol. The van der Waals surface area contributed by atoms with E-state index in [4.69, 9.17) is 0 Å². The molecule has 0 radical (unpaired) electrons. The molecule has 140 valence electrons. The Bertz CT molecular complexity index is 878. The standard InChI is InChI=1S/C19H17BrFN3O3/c20-15-2-7-18(21)14(13-15)1-8-19(25)23-11-9-22(10-12-23)16-3-5-17(6-4-16)24(26)27/h1-8,13H,9-12H2/b8-1+. The van der Waals surface area contributed by atoms with E-state index in [0.717, 1.165) is 10.2 Å². The highest BCUT2D eigenvalue weighted by atomic mass is 79.9. The first-order valence-electron chi connectivity index (χ1n) is 8.35. The Hall–Kier alpha value is -2.74. The van der Waals surface area contributed by atoms with Crippen LogP contribution in [0.5, 0.6) is 0 Å². The number of non-ortho nitro benzene ring substituents is 1. The fraction of sp³-hybridized carbons (Fsp3) is 0.211. The van der Waals surface area contributed by atoms with Gasteiger partial charge in [-0.3, -0.25) is 14.9 Å². The van der Waals surface area contributed by atoms with Crippen LogP contribution in [0.15, 0.2) is 53.0 Å². The normalized spacial score (nSPS) is 14.6. The fourth-order valence-corrected chi connectivity index (χ4v) is 3.26. The molecule has 8 heteroatoms. The largest absolute Gasteiger partial charge is 0.368 e. The Morgan fingerprint density at radius 3 is 2.41 bits per heavy atom. The molecule has 0 N–H and O–H groups in total. The molecule has 1 aliphatic heterocycles. The first-order chi connectivity index (χ1) is 12.9. The summed E-state index contributed by atoms with van der Waals surface area (Å²) in [6, 6.07) is 10.9. The summed E-state index contributed by atoms with van der Waals surface area (Å²) < 4.78 is 14.5. The number of hydrogen-bond donors (Lipinski definition) is 0. The summed E-state index contributed by atoms with van der Waals surface area (Å²) in [5.74, 6) is -0.553. The Morgan fingerprint density at radius 1 is 1.11 bits per heavy atom. The number of carbonyl (C=O) groups is 1. The van der Waals surface area contributed by atoms with Gasteiger partial charge in [0.15, 0.2) is 0 Å². The zero-order valence-corrected chi connectivity index (χ0v) is 15.9. The number of amides is 1. The minimum atomic E-state index is -0.430. The number of piperazine rings is 1. The molecule has 0 aliphatic carbocycles.